The Hall–Kier alpha value is -1.70. The number of aryl methyl sites for hydroxylation is 1. The first-order valence-corrected chi connectivity index (χ1v) is 10.7. The van der Waals surface area contributed by atoms with Gasteiger partial charge in [-0.05, 0) is 54.4 Å². The molecule has 2 nitrogen and oxygen atoms in total. The number of rotatable bonds is 10. The minimum Gasteiger partial charge on any atom is -0.236 e. The Morgan fingerprint density at radius 2 is 1.50 bits per heavy atom. The van der Waals surface area contributed by atoms with E-state index in [2.05, 4.69) is 42.0 Å². The molecule has 0 amide bonds. The molecule has 0 fully saturated rings. The van der Waals surface area contributed by atoms with Gasteiger partial charge in [-0.25, -0.2) is 9.97 Å². The summed E-state index contributed by atoms with van der Waals surface area (Å²) >= 11 is 0. The van der Waals surface area contributed by atoms with Crippen LogP contribution in [0.1, 0.15) is 81.9 Å². The molecule has 1 aromatic heterocycles. The maximum atomic E-state index is 4.63. The van der Waals surface area contributed by atoms with Gasteiger partial charge < -0.3 is 0 Å². The van der Waals surface area contributed by atoms with Crippen LogP contribution in [-0.4, -0.2) is 9.97 Å². The van der Waals surface area contributed by atoms with Crippen LogP contribution in [0.4, 0.5) is 0 Å². The van der Waals surface area contributed by atoms with Gasteiger partial charge in [0.2, 0.25) is 0 Å². The Bertz CT molecular complexity index is 675. The summed E-state index contributed by atoms with van der Waals surface area (Å²) in [6.45, 7) is 4.61. The lowest BCUT2D eigenvalue weighted by molar-refractivity contribution is 0.575. The Labute approximate surface area is 159 Å². The number of aromatic nitrogens is 2. The predicted octanol–water partition coefficient (Wildman–Crippen LogP) is 6.56. The highest BCUT2D eigenvalue weighted by molar-refractivity contribution is 5.58. The van der Waals surface area contributed by atoms with Crippen molar-refractivity contribution in [1.82, 2.24) is 9.97 Å². The molecule has 1 aliphatic carbocycles. The summed E-state index contributed by atoms with van der Waals surface area (Å²) in [6.07, 6.45) is 18.5. The highest BCUT2D eigenvalue weighted by atomic mass is 14.9. The zero-order valence-electron chi connectivity index (χ0n) is 16.6. The van der Waals surface area contributed by atoms with Crippen molar-refractivity contribution in [2.24, 2.45) is 5.92 Å². The molecule has 26 heavy (non-hydrogen) atoms. The third-order valence-electron chi connectivity index (χ3n) is 5.63. The largest absolute Gasteiger partial charge is 0.236 e. The van der Waals surface area contributed by atoms with Crippen LogP contribution in [0.25, 0.3) is 11.4 Å². The van der Waals surface area contributed by atoms with Crippen molar-refractivity contribution in [3.05, 3.63) is 47.3 Å². The van der Waals surface area contributed by atoms with Gasteiger partial charge in [-0.1, -0.05) is 70.9 Å². The second-order valence-corrected chi connectivity index (χ2v) is 8.14. The average Bonchev–Trinajstić information content (AvgIpc) is 3.03. The van der Waals surface area contributed by atoms with E-state index >= 15 is 0 Å². The van der Waals surface area contributed by atoms with E-state index in [1.165, 1.54) is 80.9 Å². The summed E-state index contributed by atoms with van der Waals surface area (Å²) in [5.74, 6) is 1.64. The first-order valence-electron chi connectivity index (χ1n) is 10.7. The van der Waals surface area contributed by atoms with Crippen LogP contribution >= 0.6 is 0 Å². The van der Waals surface area contributed by atoms with E-state index in [0.29, 0.717) is 0 Å². The third kappa shape index (κ3) is 5.40. The van der Waals surface area contributed by atoms with Crippen molar-refractivity contribution < 1.29 is 0 Å². The second-order valence-electron chi connectivity index (χ2n) is 8.14. The summed E-state index contributed by atoms with van der Waals surface area (Å²) in [5.41, 5.74) is 5.43. The molecule has 1 unspecified atom stereocenters. The quantitative estimate of drug-likeness (QED) is 0.453. The maximum absolute atomic E-state index is 4.63. The Morgan fingerprint density at radius 1 is 0.846 bits per heavy atom. The first kappa shape index (κ1) is 19.1. The minimum absolute atomic E-state index is 0.773. The van der Waals surface area contributed by atoms with E-state index in [4.69, 9.17) is 0 Å². The highest BCUT2D eigenvalue weighted by Gasteiger charge is 2.18. The van der Waals surface area contributed by atoms with E-state index in [1.54, 1.807) is 0 Å². The van der Waals surface area contributed by atoms with Crippen LogP contribution in [-0.2, 0) is 19.3 Å². The van der Waals surface area contributed by atoms with Gasteiger partial charge in [0.05, 0.1) is 0 Å². The van der Waals surface area contributed by atoms with Crippen LogP contribution in [0.2, 0.25) is 0 Å². The van der Waals surface area contributed by atoms with Crippen molar-refractivity contribution in [1.29, 1.82) is 0 Å². The molecule has 0 saturated heterocycles. The first-order chi connectivity index (χ1) is 12.8. The van der Waals surface area contributed by atoms with Crippen molar-refractivity contribution in [3.8, 4) is 11.4 Å². The van der Waals surface area contributed by atoms with E-state index < -0.39 is 0 Å². The lowest BCUT2D eigenvalue weighted by Crippen LogP contribution is -1.94. The zero-order valence-corrected chi connectivity index (χ0v) is 16.6. The molecule has 1 aromatic carbocycles. The monoisotopic (exact) mass is 350 g/mol. The second kappa shape index (κ2) is 9.85. The van der Waals surface area contributed by atoms with Crippen molar-refractivity contribution in [2.45, 2.75) is 84.5 Å². The van der Waals surface area contributed by atoms with E-state index in [1.807, 2.05) is 12.4 Å². The normalized spacial score (nSPS) is 16.0. The molecule has 2 aromatic rings. The van der Waals surface area contributed by atoms with Gasteiger partial charge in [-0.3, -0.25) is 0 Å². The van der Waals surface area contributed by atoms with Crippen LogP contribution in [0.15, 0.2) is 30.6 Å². The van der Waals surface area contributed by atoms with Crippen LogP contribution in [0, 0.1) is 5.92 Å². The molecule has 1 aliphatic rings. The number of hydrogen-bond acceptors (Lipinski definition) is 2. The van der Waals surface area contributed by atoms with E-state index in [0.717, 1.165) is 23.7 Å². The number of nitrogens with zero attached hydrogens (tertiary/aromatic N) is 2. The van der Waals surface area contributed by atoms with Crippen LogP contribution < -0.4 is 0 Å². The molecule has 1 atom stereocenters. The SMILES string of the molecule is CCCCCCCCCCc1cnc(-c2ccc3c(c2)CC(C)C3)nc1. The minimum atomic E-state index is 0.773. The fourth-order valence-electron chi connectivity index (χ4n) is 4.07. The van der Waals surface area contributed by atoms with Crippen molar-refractivity contribution in [2.75, 3.05) is 0 Å². The summed E-state index contributed by atoms with van der Waals surface area (Å²) in [7, 11) is 0. The molecule has 1 heterocycles. The molecule has 0 aliphatic heterocycles. The fourth-order valence-corrected chi connectivity index (χ4v) is 4.07. The van der Waals surface area contributed by atoms with Crippen LogP contribution in [0.3, 0.4) is 0 Å². The topological polar surface area (TPSA) is 25.8 Å². The third-order valence-corrected chi connectivity index (χ3v) is 5.63. The van der Waals surface area contributed by atoms with Gasteiger partial charge in [0.15, 0.2) is 5.82 Å². The predicted molar refractivity (Wildman–Crippen MR) is 110 cm³/mol. The molecule has 0 bridgehead atoms. The Morgan fingerprint density at radius 3 is 2.23 bits per heavy atom. The van der Waals surface area contributed by atoms with Crippen molar-refractivity contribution >= 4 is 0 Å². The molecule has 0 saturated carbocycles. The molecule has 0 N–H and O–H groups in total. The van der Waals surface area contributed by atoms with E-state index in [-0.39, 0.29) is 0 Å². The molecular formula is C24H34N2. The summed E-state index contributed by atoms with van der Waals surface area (Å²) in [6, 6.07) is 6.75. The zero-order chi connectivity index (χ0) is 18.2. The summed E-state index contributed by atoms with van der Waals surface area (Å²) in [5, 5.41) is 0. The van der Waals surface area contributed by atoms with Gasteiger partial charge in [0.25, 0.3) is 0 Å². The Kier molecular flexibility index (Phi) is 7.22. The average molecular weight is 351 g/mol. The molecule has 2 heteroatoms. The molecule has 0 spiro atoms. The summed E-state index contributed by atoms with van der Waals surface area (Å²) < 4.78 is 0. The fraction of sp³-hybridized carbons (Fsp3) is 0.583. The number of benzene rings is 1. The standard InChI is InChI=1S/C24H34N2/c1-3-4-5-6-7-8-9-10-11-20-17-25-24(26-18-20)22-13-12-21-14-19(2)15-23(21)16-22/h12-13,16-19H,3-11,14-15H2,1-2H3. The smallest absolute Gasteiger partial charge is 0.159 e. The van der Waals surface area contributed by atoms with Crippen LogP contribution in [0.5, 0.6) is 0 Å². The number of hydrogen-bond donors (Lipinski definition) is 0. The van der Waals surface area contributed by atoms with Crippen molar-refractivity contribution in [3.63, 3.8) is 0 Å². The lowest BCUT2D eigenvalue weighted by atomic mass is 10.0. The molecule has 0 radical (unpaired) electrons. The van der Waals surface area contributed by atoms with Gasteiger partial charge in [0.1, 0.15) is 0 Å². The molecule has 3 rings (SSSR count). The molecule has 140 valence electrons. The lowest BCUT2D eigenvalue weighted by Gasteiger charge is -2.06. The van der Waals surface area contributed by atoms with Gasteiger partial charge >= 0.3 is 0 Å². The molecular weight excluding hydrogens is 316 g/mol. The highest BCUT2D eigenvalue weighted by Crippen LogP contribution is 2.29. The van der Waals surface area contributed by atoms with Gasteiger partial charge in [-0.2, -0.15) is 0 Å². The number of fused-ring (bicyclic) bond motifs is 1. The number of unbranched alkanes of at least 4 members (excludes halogenated alkanes) is 7. The summed E-state index contributed by atoms with van der Waals surface area (Å²) in [4.78, 5) is 9.26. The van der Waals surface area contributed by atoms with E-state index in [9.17, 15) is 0 Å². The van der Waals surface area contributed by atoms with Gasteiger partial charge in [0, 0.05) is 18.0 Å². The maximum Gasteiger partial charge on any atom is 0.159 e. The Balaban J connectivity index is 1.43. The van der Waals surface area contributed by atoms with Gasteiger partial charge in [-0.15, -0.1) is 0 Å².